The van der Waals surface area contributed by atoms with Crippen LogP contribution in [-0.4, -0.2) is 16.0 Å². The molecule has 0 unspecified atom stereocenters. The summed E-state index contributed by atoms with van der Waals surface area (Å²) < 4.78 is 1.94. The first-order valence-corrected chi connectivity index (χ1v) is 3.98. The maximum absolute atomic E-state index is 5.08. The monoisotopic (exact) mass is 166 g/mol. The van der Waals surface area contributed by atoms with E-state index in [2.05, 4.69) is 17.1 Å². The molecule has 0 radical (unpaired) electrons. The summed E-state index contributed by atoms with van der Waals surface area (Å²) in [7, 11) is 0. The summed E-state index contributed by atoms with van der Waals surface area (Å²) in [6.45, 7) is 6.91. The third-order valence-corrected chi connectivity index (χ3v) is 1.94. The minimum Gasteiger partial charge on any atom is -0.323 e. The Balaban J connectivity index is 3.18. The highest BCUT2D eigenvalue weighted by molar-refractivity contribution is 5.82. The Hall–Kier alpha value is -1.32. The highest BCUT2D eigenvalue weighted by Gasteiger charge is 2.07. The van der Waals surface area contributed by atoms with Crippen LogP contribution >= 0.6 is 0 Å². The Morgan fingerprint density at radius 2 is 2.25 bits per heavy atom. The number of aryl methyl sites for hydroxylation is 2. The lowest BCUT2D eigenvalue weighted by atomic mass is 10.2. The van der Waals surface area contributed by atoms with Gasteiger partial charge in [0.05, 0.1) is 11.9 Å². The van der Waals surface area contributed by atoms with Gasteiger partial charge in [-0.05, 0) is 20.8 Å². The summed E-state index contributed by atoms with van der Waals surface area (Å²) in [6.07, 6.45) is 1.64. The molecule has 4 heteroatoms. The van der Waals surface area contributed by atoms with E-state index >= 15 is 0 Å². The number of hydrogen-bond donors (Lipinski definition) is 1. The summed E-state index contributed by atoms with van der Waals surface area (Å²) in [6, 6.07) is 0. The molecule has 0 amide bonds. The molecule has 66 valence electrons. The van der Waals surface area contributed by atoms with E-state index in [0.717, 1.165) is 23.5 Å². The van der Waals surface area contributed by atoms with Crippen molar-refractivity contribution in [2.75, 3.05) is 0 Å². The van der Waals surface area contributed by atoms with Gasteiger partial charge in [-0.3, -0.25) is 4.68 Å². The van der Waals surface area contributed by atoms with Gasteiger partial charge < -0.3 is 5.84 Å². The standard InChI is InChI=1S/C8H14N4/c1-4-12-7(3)8(5-10-9)6(2)11-12/h5H,4,9H2,1-3H3/b10-5+. The molecule has 12 heavy (non-hydrogen) atoms. The molecule has 0 saturated carbocycles. The van der Waals surface area contributed by atoms with E-state index in [-0.39, 0.29) is 0 Å². The fraction of sp³-hybridized carbons (Fsp3) is 0.500. The third-order valence-electron chi connectivity index (χ3n) is 1.94. The lowest BCUT2D eigenvalue weighted by Gasteiger charge is -1.97. The lowest BCUT2D eigenvalue weighted by Crippen LogP contribution is -1.99. The largest absolute Gasteiger partial charge is 0.323 e. The number of rotatable bonds is 2. The molecule has 0 aliphatic heterocycles. The fourth-order valence-corrected chi connectivity index (χ4v) is 1.28. The van der Waals surface area contributed by atoms with Crippen molar-refractivity contribution in [3.05, 3.63) is 17.0 Å². The zero-order valence-corrected chi connectivity index (χ0v) is 7.70. The molecule has 0 bridgehead atoms. The molecule has 2 N–H and O–H groups in total. The average Bonchev–Trinajstić information content (AvgIpc) is 2.32. The molecular formula is C8H14N4. The minimum atomic E-state index is 0.880. The molecule has 0 atom stereocenters. The molecule has 1 heterocycles. The molecular weight excluding hydrogens is 152 g/mol. The molecule has 0 aliphatic carbocycles. The summed E-state index contributed by atoms with van der Waals surface area (Å²) in [5, 5.41) is 7.81. The SMILES string of the molecule is CCn1nc(C)c(/C=N/N)c1C. The first kappa shape index (κ1) is 8.77. The highest BCUT2D eigenvalue weighted by atomic mass is 15.3. The van der Waals surface area contributed by atoms with Crippen molar-refractivity contribution in [2.24, 2.45) is 10.9 Å². The predicted octanol–water partition coefficient (Wildman–Crippen LogP) is 0.812. The first-order chi connectivity index (χ1) is 5.70. The second-order valence-corrected chi connectivity index (χ2v) is 2.68. The molecule has 0 aliphatic rings. The topological polar surface area (TPSA) is 56.2 Å². The number of hydrogen-bond acceptors (Lipinski definition) is 3. The number of aromatic nitrogens is 2. The highest BCUT2D eigenvalue weighted by Crippen LogP contribution is 2.09. The minimum absolute atomic E-state index is 0.880. The summed E-state index contributed by atoms with van der Waals surface area (Å²) in [4.78, 5) is 0. The molecule has 4 nitrogen and oxygen atoms in total. The van der Waals surface area contributed by atoms with Crippen molar-refractivity contribution in [2.45, 2.75) is 27.3 Å². The molecule has 0 fully saturated rings. The van der Waals surface area contributed by atoms with Crippen molar-refractivity contribution < 1.29 is 0 Å². The molecule has 0 aromatic carbocycles. The maximum Gasteiger partial charge on any atom is 0.0685 e. The van der Waals surface area contributed by atoms with Gasteiger partial charge in [-0.15, -0.1) is 0 Å². The first-order valence-electron chi connectivity index (χ1n) is 3.98. The van der Waals surface area contributed by atoms with Crippen LogP contribution in [0, 0.1) is 13.8 Å². The Kier molecular flexibility index (Phi) is 2.47. The van der Waals surface area contributed by atoms with E-state index in [4.69, 9.17) is 5.84 Å². The Bertz CT molecular complexity index is 298. The molecule has 0 spiro atoms. The number of nitrogens with zero attached hydrogens (tertiary/aromatic N) is 3. The predicted molar refractivity (Wildman–Crippen MR) is 49.2 cm³/mol. The van der Waals surface area contributed by atoms with Crippen LogP contribution in [-0.2, 0) is 6.54 Å². The summed E-state index contributed by atoms with van der Waals surface area (Å²) >= 11 is 0. The van der Waals surface area contributed by atoms with Gasteiger partial charge in [0.25, 0.3) is 0 Å². The van der Waals surface area contributed by atoms with E-state index in [1.807, 2.05) is 18.5 Å². The van der Waals surface area contributed by atoms with Crippen molar-refractivity contribution in [3.63, 3.8) is 0 Å². The van der Waals surface area contributed by atoms with Gasteiger partial charge in [0.15, 0.2) is 0 Å². The van der Waals surface area contributed by atoms with Gasteiger partial charge in [0, 0.05) is 17.8 Å². The maximum atomic E-state index is 5.08. The van der Waals surface area contributed by atoms with Gasteiger partial charge >= 0.3 is 0 Å². The number of hydrazone groups is 1. The zero-order chi connectivity index (χ0) is 9.14. The fourth-order valence-electron chi connectivity index (χ4n) is 1.28. The van der Waals surface area contributed by atoms with Crippen LogP contribution in [0.25, 0.3) is 0 Å². The third kappa shape index (κ3) is 1.32. The van der Waals surface area contributed by atoms with Crippen molar-refractivity contribution in [3.8, 4) is 0 Å². The van der Waals surface area contributed by atoms with Crippen LogP contribution in [0.3, 0.4) is 0 Å². The Morgan fingerprint density at radius 3 is 2.67 bits per heavy atom. The average molecular weight is 166 g/mol. The van der Waals surface area contributed by atoms with Gasteiger partial charge in [0.2, 0.25) is 0 Å². The Morgan fingerprint density at radius 1 is 1.58 bits per heavy atom. The van der Waals surface area contributed by atoms with E-state index in [9.17, 15) is 0 Å². The summed E-state index contributed by atoms with van der Waals surface area (Å²) in [5.74, 6) is 5.08. The summed E-state index contributed by atoms with van der Waals surface area (Å²) in [5.41, 5.74) is 3.12. The number of nitrogens with two attached hydrogens (primary N) is 1. The van der Waals surface area contributed by atoms with E-state index in [1.54, 1.807) is 6.21 Å². The van der Waals surface area contributed by atoms with E-state index in [0.29, 0.717) is 0 Å². The normalized spacial score (nSPS) is 11.2. The van der Waals surface area contributed by atoms with Crippen LogP contribution in [0.2, 0.25) is 0 Å². The molecule has 0 saturated heterocycles. The van der Waals surface area contributed by atoms with Gasteiger partial charge in [-0.1, -0.05) is 0 Å². The Labute approximate surface area is 72.1 Å². The smallest absolute Gasteiger partial charge is 0.0685 e. The van der Waals surface area contributed by atoms with Gasteiger partial charge in [0.1, 0.15) is 0 Å². The van der Waals surface area contributed by atoms with E-state index in [1.165, 1.54) is 0 Å². The quantitative estimate of drug-likeness (QED) is 0.401. The van der Waals surface area contributed by atoms with Gasteiger partial charge in [-0.25, -0.2) is 0 Å². The molecule has 1 aromatic heterocycles. The van der Waals surface area contributed by atoms with Crippen LogP contribution in [0.15, 0.2) is 5.10 Å². The molecule has 1 rings (SSSR count). The lowest BCUT2D eigenvalue weighted by molar-refractivity contribution is 0.634. The van der Waals surface area contributed by atoms with Crippen molar-refractivity contribution in [1.82, 2.24) is 9.78 Å². The second-order valence-electron chi connectivity index (χ2n) is 2.68. The van der Waals surface area contributed by atoms with Crippen LogP contribution in [0.4, 0.5) is 0 Å². The zero-order valence-electron chi connectivity index (χ0n) is 7.70. The van der Waals surface area contributed by atoms with E-state index < -0.39 is 0 Å². The van der Waals surface area contributed by atoms with Crippen LogP contribution < -0.4 is 5.84 Å². The van der Waals surface area contributed by atoms with Crippen molar-refractivity contribution in [1.29, 1.82) is 0 Å². The van der Waals surface area contributed by atoms with Gasteiger partial charge in [-0.2, -0.15) is 10.2 Å². The van der Waals surface area contributed by atoms with Crippen LogP contribution in [0.1, 0.15) is 23.9 Å². The van der Waals surface area contributed by atoms with Crippen LogP contribution in [0.5, 0.6) is 0 Å². The molecule has 1 aromatic rings. The van der Waals surface area contributed by atoms with Crippen molar-refractivity contribution >= 4 is 6.21 Å². The second kappa shape index (κ2) is 3.38.